The van der Waals surface area contributed by atoms with E-state index in [4.69, 9.17) is 21.9 Å². The fourth-order valence-corrected chi connectivity index (χ4v) is 2.59. The van der Waals surface area contributed by atoms with E-state index in [2.05, 4.69) is 15.1 Å². The largest absolute Gasteiger partial charge is 0.398 e. The zero-order valence-electron chi connectivity index (χ0n) is 10.6. The Morgan fingerprint density at radius 1 is 1.35 bits per heavy atom. The maximum Gasteiger partial charge on any atom is 0.260 e. The molecule has 3 rings (SSSR count). The Morgan fingerprint density at radius 3 is 2.95 bits per heavy atom. The first-order valence-electron chi connectivity index (χ1n) is 5.91. The summed E-state index contributed by atoms with van der Waals surface area (Å²) in [5, 5.41) is 7.52. The van der Waals surface area contributed by atoms with E-state index in [0.717, 1.165) is 10.7 Å². The van der Waals surface area contributed by atoms with Crippen LogP contribution in [0.2, 0.25) is 5.02 Å². The Balaban J connectivity index is 1.88. The van der Waals surface area contributed by atoms with Crippen LogP contribution >= 0.6 is 22.9 Å². The van der Waals surface area contributed by atoms with Gasteiger partial charge < -0.3 is 10.3 Å². The molecule has 5 nitrogen and oxygen atoms in total. The lowest BCUT2D eigenvalue weighted by atomic mass is 10.2. The summed E-state index contributed by atoms with van der Waals surface area (Å²) in [4.78, 5) is 8.71. The number of thiazole rings is 1. The first kappa shape index (κ1) is 13.1. The zero-order chi connectivity index (χ0) is 14.1. The van der Waals surface area contributed by atoms with Crippen LogP contribution in [-0.4, -0.2) is 15.1 Å². The number of hydrogen-bond acceptors (Lipinski definition) is 6. The number of anilines is 1. The molecule has 0 spiro atoms. The fourth-order valence-electron chi connectivity index (χ4n) is 1.80. The summed E-state index contributed by atoms with van der Waals surface area (Å²) in [5.41, 5.74) is 8.01. The van der Waals surface area contributed by atoms with E-state index in [9.17, 15) is 0 Å². The van der Waals surface area contributed by atoms with Crippen LogP contribution in [0, 0.1) is 6.92 Å². The minimum Gasteiger partial charge on any atom is -0.398 e. The van der Waals surface area contributed by atoms with Gasteiger partial charge in [0.1, 0.15) is 0 Å². The molecule has 0 aliphatic heterocycles. The predicted octanol–water partition coefficient (Wildman–Crippen LogP) is 3.33. The normalized spacial score (nSPS) is 10.9. The van der Waals surface area contributed by atoms with E-state index in [1.54, 1.807) is 29.5 Å². The first-order valence-corrected chi connectivity index (χ1v) is 7.16. The van der Waals surface area contributed by atoms with Crippen molar-refractivity contribution in [2.75, 3.05) is 5.73 Å². The molecule has 0 bridgehead atoms. The molecule has 0 aliphatic rings. The first-order chi connectivity index (χ1) is 9.61. The van der Waals surface area contributed by atoms with Crippen molar-refractivity contribution in [2.24, 2.45) is 0 Å². The Bertz CT molecular complexity index is 752. The highest BCUT2D eigenvalue weighted by Crippen LogP contribution is 2.27. The van der Waals surface area contributed by atoms with Gasteiger partial charge in [0.05, 0.1) is 22.7 Å². The second-order valence-electron chi connectivity index (χ2n) is 4.28. The number of nitrogens with zero attached hydrogens (tertiary/aromatic N) is 3. The summed E-state index contributed by atoms with van der Waals surface area (Å²) in [7, 11) is 0. The lowest BCUT2D eigenvalue weighted by Gasteiger charge is -2.00. The van der Waals surface area contributed by atoms with Gasteiger partial charge in [-0.15, -0.1) is 11.3 Å². The summed E-state index contributed by atoms with van der Waals surface area (Å²) in [5.74, 6) is 0.941. The third-order valence-electron chi connectivity index (χ3n) is 2.72. The molecule has 20 heavy (non-hydrogen) atoms. The summed E-state index contributed by atoms with van der Waals surface area (Å²) >= 11 is 7.55. The minimum atomic E-state index is 0.368. The predicted molar refractivity (Wildman–Crippen MR) is 78.8 cm³/mol. The number of aromatic nitrogens is 3. The van der Waals surface area contributed by atoms with E-state index in [1.165, 1.54) is 0 Å². The summed E-state index contributed by atoms with van der Waals surface area (Å²) in [6.45, 7) is 1.96. The van der Waals surface area contributed by atoms with Crippen molar-refractivity contribution in [3.63, 3.8) is 0 Å². The van der Waals surface area contributed by atoms with Gasteiger partial charge in [0.15, 0.2) is 5.82 Å². The zero-order valence-corrected chi connectivity index (χ0v) is 12.2. The Kier molecular flexibility index (Phi) is 3.42. The number of benzene rings is 1. The maximum absolute atomic E-state index is 5.95. The van der Waals surface area contributed by atoms with Crippen LogP contribution < -0.4 is 5.73 Å². The van der Waals surface area contributed by atoms with Crippen LogP contribution in [0.1, 0.15) is 16.5 Å². The average molecular weight is 307 g/mol. The van der Waals surface area contributed by atoms with Crippen molar-refractivity contribution >= 4 is 28.6 Å². The van der Waals surface area contributed by atoms with Crippen LogP contribution in [0.25, 0.3) is 11.5 Å². The van der Waals surface area contributed by atoms with Gasteiger partial charge in [0.25, 0.3) is 5.89 Å². The average Bonchev–Trinajstić information content (AvgIpc) is 3.02. The highest BCUT2D eigenvalue weighted by Gasteiger charge is 2.13. The topological polar surface area (TPSA) is 77.8 Å². The Hall–Kier alpha value is -1.92. The number of halogens is 1. The van der Waals surface area contributed by atoms with Crippen LogP contribution in [0.15, 0.2) is 28.1 Å². The van der Waals surface area contributed by atoms with Gasteiger partial charge in [0.2, 0.25) is 0 Å². The molecule has 3 aromatic rings. The number of nitrogen functional groups attached to an aromatic ring is 1. The SMILES string of the molecule is Cc1nc(Cc2noc(-c3cc(Cl)ccc3N)n2)cs1. The third kappa shape index (κ3) is 2.66. The molecular weight excluding hydrogens is 296 g/mol. The van der Waals surface area contributed by atoms with Gasteiger partial charge in [-0.1, -0.05) is 16.8 Å². The van der Waals surface area contributed by atoms with Crippen LogP contribution in [0.3, 0.4) is 0 Å². The summed E-state index contributed by atoms with van der Waals surface area (Å²) in [6.07, 6.45) is 0.536. The molecule has 0 saturated carbocycles. The molecule has 102 valence electrons. The highest BCUT2D eigenvalue weighted by molar-refractivity contribution is 7.09. The molecule has 0 radical (unpaired) electrons. The number of aryl methyl sites for hydroxylation is 1. The van der Waals surface area contributed by atoms with Gasteiger partial charge in [-0.3, -0.25) is 0 Å². The van der Waals surface area contributed by atoms with E-state index < -0.39 is 0 Å². The molecule has 0 fully saturated rings. The quantitative estimate of drug-likeness (QED) is 0.751. The second-order valence-corrected chi connectivity index (χ2v) is 5.78. The number of rotatable bonds is 3. The molecule has 0 aliphatic carbocycles. The fraction of sp³-hybridized carbons (Fsp3) is 0.154. The molecule has 0 saturated heterocycles. The van der Waals surface area contributed by atoms with Gasteiger partial charge >= 0.3 is 0 Å². The highest BCUT2D eigenvalue weighted by atomic mass is 35.5. The van der Waals surface area contributed by atoms with Crippen LogP contribution in [0.4, 0.5) is 5.69 Å². The second kappa shape index (κ2) is 5.22. The molecule has 7 heteroatoms. The van der Waals surface area contributed by atoms with Gasteiger partial charge in [-0.25, -0.2) is 4.98 Å². The number of nitrogens with two attached hydrogens (primary N) is 1. The molecule has 0 unspecified atom stereocenters. The van der Waals surface area contributed by atoms with E-state index >= 15 is 0 Å². The monoisotopic (exact) mass is 306 g/mol. The molecule has 2 N–H and O–H groups in total. The van der Waals surface area contributed by atoms with E-state index in [-0.39, 0.29) is 0 Å². The Labute approximate surface area is 124 Å². The lowest BCUT2D eigenvalue weighted by Crippen LogP contribution is -1.92. The molecule has 1 aromatic carbocycles. The van der Waals surface area contributed by atoms with Gasteiger partial charge in [0, 0.05) is 16.1 Å². The van der Waals surface area contributed by atoms with Crippen molar-refractivity contribution in [1.29, 1.82) is 0 Å². The van der Waals surface area contributed by atoms with E-state index in [1.807, 2.05) is 12.3 Å². The van der Waals surface area contributed by atoms with Crippen molar-refractivity contribution in [2.45, 2.75) is 13.3 Å². The van der Waals surface area contributed by atoms with Crippen molar-refractivity contribution < 1.29 is 4.52 Å². The summed E-state index contributed by atoms with van der Waals surface area (Å²) in [6, 6.07) is 5.14. The van der Waals surface area contributed by atoms with Crippen molar-refractivity contribution in [3.8, 4) is 11.5 Å². The van der Waals surface area contributed by atoms with Crippen LogP contribution in [-0.2, 0) is 6.42 Å². The number of hydrogen-bond donors (Lipinski definition) is 1. The van der Waals surface area contributed by atoms with Crippen molar-refractivity contribution in [1.82, 2.24) is 15.1 Å². The smallest absolute Gasteiger partial charge is 0.260 e. The molecule has 2 aromatic heterocycles. The summed E-state index contributed by atoms with van der Waals surface area (Å²) < 4.78 is 5.24. The van der Waals surface area contributed by atoms with Crippen molar-refractivity contribution in [3.05, 3.63) is 45.1 Å². The molecule has 2 heterocycles. The van der Waals surface area contributed by atoms with Gasteiger partial charge in [-0.05, 0) is 25.1 Å². The maximum atomic E-state index is 5.95. The molecule has 0 atom stereocenters. The molecule has 0 amide bonds. The minimum absolute atomic E-state index is 0.368. The molecular formula is C13H11ClN4OS. The standard InChI is InChI=1S/C13H11ClN4OS/c1-7-16-9(6-20-7)5-12-17-13(19-18-12)10-4-8(14)2-3-11(10)15/h2-4,6H,5,15H2,1H3. The van der Waals surface area contributed by atoms with Gasteiger partial charge in [-0.2, -0.15) is 4.98 Å². The Morgan fingerprint density at radius 2 is 2.20 bits per heavy atom. The lowest BCUT2D eigenvalue weighted by molar-refractivity contribution is 0.424. The van der Waals surface area contributed by atoms with E-state index in [0.29, 0.717) is 34.4 Å². The third-order valence-corrected chi connectivity index (χ3v) is 3.78. The van der Waals surface area contributed by atoms with Crippen LogP contribution in [0.5, 0.6) is 0 Å².